The molecule has 0 aliphatic rings. The van der Waals surface area contributed by atoms with Crippen molar-refractivity contribution in [3.8, 4) is 0 Å². The quantitative estimate of drug-likeness (QED) is 0.544. The molecule has 0 radical (unpaired) electrons. The van der Waals surface area contributed by atoms with E-state index in [0.717, 1.165) is 0 Å². The molecule has 60 valence electrons. The summed E-state index contributed by atoms with van der Waals surface area (Å²) in [5.41, 5.74) is 5.98. The van der Waals surface area contributed by atoms with Crippen LogP contribution in [-0.4, -0.2) is 28.2 Å². The van der Waals surface area contributed by atoms with E-state index in [1.165, 1.54) is 12.5 Å². The van der Waals surface area contributed by atoms with E-state index >= 15 is 0 Å². The van der Waals surface area contributed by atoms with Crippen LogP contribution in [0.4, 0.5) is 11.5 Å². The Hall–Kier alpha value is -1.36. The molecule has 0 saturated carbocycles. The Bertz CT molecular complexity index is 228. The van der Waals surface area contributed by atoms with E-state index in [4.69, 9.17) is 10.8 Å². The van der Waals surface area contributed by atoms with Gasteiger partial charge in [0.15, 0.2) is 5.82 Å². The van der Waals surface area contributed by atoms with Gasteiger partial charge in [-0.2, -0.15) is 0 Å². The number of hydrogen-bond acceptors (Lipinski definition) is 5. The molecule has 1 heterocycles. The van der Waals surface area contributed by atoms with Crippen molar-refractivity contribution in [3.63, 3.8) is 0 Å². The third-order valence-corrected chi connectivity index (χ3v) is 1.14. The predicted octanol–water partition coefficient (Wildman–Crippen LogP) is -0.537. The van der Waals surface area contributed by atoms with Gasteiger partial charge in [-0.15, -0.1) is 0 Å². The van der Waals surface area contributed by atoms with Crippen molar-refractivity contribution in [3.05, 3.63) is 12.5 Å². The lowest BCUT2D eigenvalue weighted by Crippen LogP contribution is -2.09. The van der Waals surface area contributed by atoms with Crippen LogP contribution in [0.2, 0.25) is 0 Å². The van der Waals surface area contributed by atoms with Crippen molar-refractivity contribution in [2.75, 3.05) is 24.2 Å². The second-order valence-electron chi connectivity index (χ2n) is 1.98. The minimum absolute atomic E-state index is 0.0590. The first-order chi connectivity index (χ1) is 5.34. The predicted molar refractivity (Wildman–Crippen MR) is 42.0 cm³/mol. The summed E-state index contributed by atoms with van der Waals surface area (Å²) in [4.78, 5) is 7.57. The zero-order chi connectivity index (χ0) is 8.10. The average Bonchev–Trinajstić information content (AvgIpc) is 2.03. The maximum absolute atomic E-state index is 8.47. The molecule has 1 rings (SSSR count). The molecule has 0 unspecified atom stereocenters. The molecule has 0 saturated heterocycles. The lowest BCUT2D eigenvalue weighted by atomic mass is 10.5. The van der Waals surface area contributed by atoms with Crippen molar-refractivity contribution in [1.29, 1.82) is 0 Å². The van der Waals surface area contributed by atoms with Gasteiger partial charge in [0.05, 0.1) is 18.5 Å². The minimum atomic E-state index is 0.0590. The van der Waals surface area contributed by atoms with Crippen LogP contribution in [-0.2, 0) is 0 Å². The maximum Gasteiger partial charge on any atom is 0.152 e. The first-order valence-electron chi connectivity index (χ1n) is 3.25. The summed E-state index contributed by atoms with van der Waals surface area (Å²) in [5.74, 6) is 0.564. The summed E-state index contributed by atoms with van der Waals surface area (Å²) in [7, 11) is 0. The number of aromatic nitrogens is 2. The number of nitrogens with zero attached hydrogens (tertiary/aromatic N) is 2. The summed E-state index contributed by atoms with van der Waals surface area (Å²) < 4.78 is 0. The Labute approximate surface area is 64.3 Å². The van der Waals surface area contributed by atoms with Crippen LogP contribution in [0.3, 0.4) is 0 Å². The van der Waals surface area contributed by atoms with Crippen molar-refractivity contribution in [2.45, 2.75) is 0 Å². The second-order valence-corrected chi connectivity index (χ2v) is 1.98. The zero-order valence-corrected chi connectivity index (χ0v) is 5.99. The lowest BCUT2D eigenvalue weighted by molar-refractivity contribution is 0.311. The molecule has 0 aromatic carbocycles. The maximum atomic E-state index is 8.47. The number of aliphatic hydroxyl groups excluding tert-OH is 1. The normalized spacial score (nSPS) is 9.55. The number of nitrogens with two attached hydrogens (primary N) is 1. The van der Waals surface area contributed by atoms with Gasteiger partial charge in [0.1, 0.15) is 6.33 Å². The summed E-state index contributed by atoms with van der Waals surface area (Å²) >= 11 is 0. The molecule has 0 bridgehead atoms. The highest BCUT2D eigenvalue weighted by atomic mass is 16.3. The largest absolute Gasteiger partial charge is 0.395 e. The average molecular weight is 154 g/mol. The molecule has 11 heavy (non-hydrogen) atoms. The van der Waals surface area contributed by atoms with Gasteiger partial charge >= 0.3 is 0 Å². The second kappa shape index (κ2) is 3.72. The summed E-state index contributed by atoms with van der Waals surface area (Å²) in [6, 6.07) is 0. The number of rotatable bonds is 3. The van der Waals surface area contributed by atoms with Crippen LogP contribution in [0.5, 0.6) is 0 Å². The van der Waals surface area contributed by atoms with E-state index < -0.39 is 0 Å². The molecule has 0 spiro atoms. The molecule has 5 nitrogen and oxygen atoms in total. The van der Waals surface area contributed by atoms with E-state index in [1.807, 2.05) is 0 Å². The first-order valence-corrected chi connectivity index (χ1v) is 3.25. The van der Waals surface area contributed by atoms with Gasteiger partial charge < -0.3 is 16.2 Å². The SMILES string of the molecule is Nc1cncnc1NCCO. The molecule has 1 aromatic rings. The van der Waals surface area contributed by atoms with Gasteiger partial charge in [0.25, 0.3) is 0 Å². The molecule has 4 N–H and O–H groups in total. The van der Waals surface area contributed by atoms with Crippen LogP contribution in [0.25, 0.3) is 0 Å². The number of nitrogen functional groups attached to an aromatic ring is 1. The van der Waals surface area contributed by atoms with Crippen LogP contribution in [0.15, 0.2) is 12.5 Å². The fraction of sp³-hybridized carbons (Fsp3) is 0.333. The standard InChI is InChI=1S/C6H10N4O/c7-5-3-8-4-10-6(5)9-1-2-11/h3-4,11H,1-2,7H2,(H,8,9,10). The fourth-order valence-corrected chi connectivity index (χ4v) is 0.662. The van der Waals surface area contributed by atoms with Gasteiger partial charge in [-0.25, -0.2) is 9.97 Å². The lowest BCUT2D eigenvalue weighted by Gasteiger charge is -2.03. The van der Waals surface area contributed by atoms with E-state index in [2.05, 4.69) is 15.3 Å². The summed E-state index contributed by atoms with van der Waals surface area (Å²) in [5, 5.41) is 11.3. The van der Waals surface area contributed by atoms with Crippen molar-refractivity contribution < 1.29 is 5.11 Å². The first kappa shape index (κ1) is 7.74. The molecule has 0 fully saturated rings. The van der Waals surface area contributed by atoms with Gasteiger partial charge in [-0.3, -0.25) is 0 Å². The Kier molecular flexibility index (Phi) is 2.62. The summed E-state index contributed by atoms with van der Waals surface area (Å²) in [6.07, 6.45) is 2.91. The minimum Gasteiger partial charge on any atom is -0.395 e. The molecule has 5 heteroatoms. The number of anilines is 2. The number of aliphatic hydroxyl groups is 1. The van der Waals surface area contributed by atoms with Gasteiger partial charge in [-0.1, -0.05) is 0 Å². The highest BCUT2D eigenvalue weighted by molar-refractivity contribution is 5.58. The highest BCUT2D eigenvalue weighted by Gasteiger charge is 1.96. The van der Waals surface area contributed by atoms with Gasteiger partial charge in [0, 0.05) is 6.54 Å². The molecule has 0 aliphatic heterocycles. The van der Waals surface area contributed by atoms with E-state index in [9.17, 15) is 0 Å². The van der Waals surface area contributed by atoms with Crippen molar-refractivity contribution in [1.82, 2.24) is 9.97 Å². The van der Waals surface area contributed by atoms with Crippen LogP contribution < -0.4 is 11.1 Å². The highest BCUT2D eigenvalue weighted by Crippen LogP contribution is 2.09. The summed E-state index contributed by atoms with van der Waals surface area (Å²) in [6.45, 7) is 0.505. The van der Waals surface area contributed by atoms with Crippen LogP contribution in [0.1, 0.15) is 0 Å². The monoisotopic (exact) mass is 154 g/mol. The topological polar surface area (TPSA) is 84.1 Å². The Morgan fingerprint density at radius 3 is 3.09 bits per heavy atom. The Morgan fingerprint density at radius 1 is 1.64 bits per heavy atom. The van der Waals surface area contributed by atoms with Gasteiger partial charge in [0.2, 0.25) is 0 Å². The van der Waals surface area contributed by atoms with E-state index in [-0.39, 0.29) is 6.61 Å². The fourth-order valence-electron chi connectivity index (χ4n) is 0.662. The van der Waals surface area contributed by atoms with Gasteiger partial charge in [-0.05, 0) is 0 Å². The number of hydrogen-bond donors (Lipinski definition) is 3. The molecular weight excluding hydrogens is 144 g/mol. The van der Waals surface area contributed by atoms with Crippen molar-refractivity contribution in [2.24, 2.45) is 0 Å². The number of nitrogens with one attached hydrogen (secondary N) is 1. The molecule has 1 aromatic heterocycles. The van der Waals surface area contributed by atoms with Crippen LogP contribution >= 0.6 is 0 Å². The zero-order valence-electron chi connectivity index (χ0n) is 5.99. The van der Waals surface area contributed by atoms with Crippen LogP contribution in [0, 0.1) is 0 Å². The molecule has 0 aliphatic carbocycles. The third kappa shape index (κ3) is 2.05. The Balaban J connectivity index is 2.62. The van der Waals surface area contributed by atoms with Crippen molar-refractivity contribution >= 4 is 11.5 Å². The van der Waals surface area contributed by atoms with E-state index in [0.29, 0.717) is 18.1 Å². The third-order valence-electron chi connectivity index (χ3n) is 1.14. The molecule has 0 amide bonds. The molecule has 0 atom stereocenters. The molecular formula is C6H10N4O. The smallest absolute Gasteiger partial charge is 0.152 e. The Morgan fingerprint density at radius 2 is 2.45 bits per heavy atom. The van der Waals surface area contributed by atoms with E-state index in [1.54, 1.807) is 0 Å².